The van der Waals surface area contributed by atoms with Gasteiger partial charge in [0.2, 0.25) is 0 Å². The standard InChI is InChI=1S/C54H37N/c1-2-14-38(15-3-1)47-22-8-9-23-49(47)40-28-32-44(33-29-40)55(46-20-12-19-42(36-46)50-27-13-18-39-16-4-6-21-48(39)50)45-34-30-41(31-35-45)54-37-43-17-5-7-24-51(43)52-25-10-11-26-53(52)54/h1-37H. The predicted octanol–water partition coefficient (Wildman–Crippen LogP) is 15.3. The molecule has 0 aliphatic rings. The van der Waals surface area contributed by atoms with E-state index < -0.39 is 0 Å². The second kappa shape index (κ2) is 14.0. The van der Waals surface area contributed by atoms with Crippen LogP contribution in [0.15, 0.2) is 224 Å². The Hall–Kier alpha value is -7.22. The summed E-state index contributed by atoms with van der Waals surface area (Å²) in [7, 11) is 0. The molecule has 0 aliphatic heterocycles. The zero-order valence-corrected chi connectivity index (χ0v) is 30.3. The third-order valence-corrected chi connectivity index (χ3v) is 10.9. The molecule has 0 aliphatic carbocycles. The summed E-state index contributed by atoms with van der Waals surface area (Å²) in [4.78, 5) is 2.38. The van der Waals surface area contributed by atoms with Crippen molar-refractivity contribution in [2.24, 2.45) is 0 Å². The van der Waals surface area contributed by atoms with Gasteiger partial charge >= 0.3 is 0 Å². The monoisotopic (exact) mass is 699 g/mol. The summed E-state index contributed by atoms with van der Waals surface area (Å²) in [6.07, 6.45) is 0. The van der Waals surface area contributed by atoms with E-state index in [4.69, 9.17) is 0 Å². The van der Waals surface area contributed by atoms with Crippen molar-refractivity contribution >= 4 is 49.4 Å². The van der Waals surface area contributed by atoms with Crippen LogP contribution in [0.4, 0.5) is 17.1 Å². The lowest BCUT2D eigenvalue weighted by atomic mass is 9.93. The van der Waals surface area contributed by atoms with Crippen LogP contribution >= 0.6 is 0 Å². The number of hydrogen-bond acceptors (Lipinski definition) is 1. The minimum atomic E-state index is 1.10. The Kier molecular flexibility index (Phi) is 8.24. The van der Waals surface area contributed by atoms with Crippen LogP contribution in [0.3, 0.4) is 0 Å². The molecule has 0 heterocycles. The predicted molar refractivity (Wildman–Crippen MR) is 235 cm³/mol. The lowest BCUT2D eigenvalue weighted by Gasteiger charge is -2.27. The molecule has 0 saturated heterocycles. The van der Waals surface area contributed by atoms with Gasteiger partial charge in [-0.2, -0.15) is 0 Å². The van der Waals surface area contributed by atoms with Crippen molar-refractivity contribution in [2.45, 2.75) is 0 Å². The first-order valence-electron chi connectivity index (χ1n) is 18.9. The molecule has 1 nitrogen and oxygen atoms in total. The van der Waals surface area contributed by atoms with Crippen LogP contribution < -0.4 is 4.90 Å². The highest BCUT2D eigenvalue weighted by Gasteiger charge is 2.17. The van der Waals surface area contributed by atoms with Gasteiger partial charge in [0.05, 0.1) is 0 Å². The molecule has 0 bridgehead atoms. The fourth-order valence-corrected chi connectivity index (χ4v) is 8.21. The van der Waals surface area contributed by atoms with E-state index in [1.54, 1.807) is 0 Å². The molecule has 1 heteroatoms. The maximum Gasteiger partial charge on any atom is 0.0467 e. The van der Waals surface area contributed by atoms with Crippen molar-refractivity contribution in [3.8, 4) is 44.5 Å². The lowest BCUT2D eigenvalue weighted by molar-refractivity contribution is 1.28. The van der Waals surface area contributed by atoms with Crippen LogP contribution in [0.25, 0.3) is 76.8 Å². The van der Waals surface area contributed by atoms with Crippen LogP contribution in [0.1, 0.15) is 0 Å². The van der Waals surface area contributed by atoms with Crippen LogP contribution in [0, 0.1) is 0 Å². The van der Waals surface area contributed by atoms with E-state index in [2.05, 4.69) is 229 Å². The molecule has 0 spiro atoms. The molecule has 0 aromatic heterocycles. The van der Waals surface area contributed by atoms with Crippen molar-refractivity contribution in [3.05, 3.63) is 224 Å². The first kappa shape index (κ1) is 32.4. The molecule has 10 aromatic carbocycles. The summed E-state index contributed by atoms with van der Waals surface area (Å²) in [6.45, 7) is 0. The Morgan fingerprint density at radius 3 is 1.40 bits per heavy atom. The van der Waals surface area contributed by atoms with Gasteiger partial charge in [0, 0.05) is 17.1 Å². The number of fused-ring (bicyclic) bond motifs is 4. The summed E-state index contributed by atoms with van der Waals surface area (Å²) in [5, 5.41) is 7.57. The maximum atomic E-state index is 2.38. The maximum absolute atomic E-state index is 2.38. The van der Waals surface area contributed by atoms with E-state index in [9.17, 15) is 0 Å². The van der Waals surface area contributed by atoms with Gasteiger partial charge in [0.15, 0.2) is 0 Å². The number of anilines is 3. The van der Waals surface area contributed by atoms with Crippen molar-refractivity contribution in [2.75, 3.05) is 4.90 Å². The summed E-state index contributed by atoms with van der Waals surface area (Å²) in [5.41, 5.74) is 13.0. The third-order valence-electron chi connectivity index (χ3n) is 10.9. The van der Waals surface area contributed by atoms with Crippen molar-refractivity contribution in [3.63, 3.8) is 0 Å². The minimum Gasteiger partial charge on any atom is -0.310 e. The highest BCUT2D eigenvalue weighted by Crippen LogP contribution is 2.41. The number of benzene rings is 10. The third kappa shape index (κ3) is 6.02. The molecule has 0 fully saturated rings. The second-order valence-electron chi connectivity index (χ2n) is 14.1. The Balaban J connectivity index is 1.09. The first-order valence-corrected chi connectivity index (χ1v) is 18.9. The average molecular weight is 700 g/mol. The van der Waals surface area contributed by atoms with Crippen LogP contribution in [-0.4, -0.2) is 0 Å². The molecule has 258 valence electrons. The molecular formula is C54H37N. The average Bonchev–Trinajstić information content (AvgIpc) is 3.27. The first-order chi connectivity index (χ1) is 27.3. The molecule has 10 rings (SSSR count). The van der Waals surface area contributed by atoms with Crippen molar-refractivity contribution in [1.29, 1.82) is 0 Å². The highest BCUT2D eigenvalue weighted by molar-refractivity contribution is 6.13. The summed E-state index contributed by atoms with van der Waals surface area (Å²) in [6, 6.07) is 81.4. The van der Waals surface area contributed by atoms with Gasteiger partial charge < -0.3 is 4.90 Å². The van der Waals surface area contributed by atoms with Gasteiger partial charge in [-0.25, -0.2) is 0 Å². The number of nitrogens with zero attached hydrogens (tertiary/aromatic N) is 1. The Morgan fingerprint density at radius 2 is 0.691 bits per heavy atom. The molecule has 0 saturated carbocycles. The van der Waals surface area contributed by atoms with E-state index in [1.165, 1.54) is 76.8 Å². The molecular weight excluding hydrogens is 663 g/mol. The quantitative estimate of drug-likeness (QED) is 0.150. The topological polar surface area (TPSA) is 3.24 Å². The smallest absolute Gasteiger partial charge is 0.0467 e. The molecule has 0 atom stereocenters. The van der Waals surface area contributed by atoms with Crippen LogP contribution in [-0.2, 0) is 0 Å². The zero-order chi connectivity index (χ0) is 36.6. The van der Waals surface area contributed by atoms with Gasteiger partial charge in [0.25, 0.3) is 0 Å². The molecule has 10 aromatic rings. The largest absolute Gasteiger partial charge is 0.310 e. The van der Waals surface area contributed by atoms with E-state index in [-0.39, 0.29) is 0 Å². The van der Waals surface area contributed by atoms with E-state index in [1.807, 2.05) is 0 Å². The SMILES string of the molecule is c1ccc(-c2ccccc2-c2ccc(N(c3ccc(-c4cc5ccccc5c5ccccc45)cc3)c3cccc(-c4cccc5ccccc45)c3)cc2)cc1. The Bertz CT molecular complexity index is 2950. The van der Waals surface area contributed by atoms with Gasteiger partial charge in [-0.05, 0) is 119 Å². The van der Waals surface area contributed by atoms with Crippen molar-refractivity contribution in [1.82, 2.24) is 0 Å². The Labute approximate surface area is 322 Å². The number of rotatable bonds is 7. The summed E-state index contributed by atoms with van der Waals surface area (Å²) in [5.74, 6) is 0. The summed E-state index contributed by atoms with van der Waals surface area (Å²) >= 11 is 0. The summed E-state index contributed by atoms with van der Waals surface area (Å²) < 4.78 is 0. The molecule has 55 heavy (non-hydrogen) atoms. The molecule has 0 radical (unpaired) electrons. The highest BCUT2D eigenvalue weighted by atomic mass is 15.1. The van der Waals surface area contributed by atoms with Gasteiger partial charge in [-0.3, -0.25) is 0 Å². The van der Waals surface area contributed by atoms with E-state index in [0.29, 0.717) is 0 Å². The lowest BCUT2D eigenvalue weighted by Crippen LogP contribution is -2.10. The minimum absolute atomic E-state index is 1.10. The molecule has 0 amide bonds. The van der Waals surface area contributed by atoms with Gasteiger partial charge in [-0.15, -0.1) is 0 Å². The fraction of sp³-hybridized carbons (Fsp3) is 0. The zero-order valence-electron chi connectivity index (χ0n) is 30.3. The second-order valence-corrected chi connectivity index (χ2v) is 14.1. The van der Waals surface area contributed by atoms with Crippen LogP contribution in [0.5, 0.6) is 0 Å². The Morgan fingerprint density at radius 1 is 0.218 bits per heavy atom. The van der Waals surface area contributed by atoms with Crippen molar-refractivity contribution < 1.29 is 0 Å². The normalized spacial score (nSPS) is 11.3. The van der Waals surface area contributed by atoms with Gasteiger partial charge in [0.1, 0.15) is 0 Å². The van der Waals surface area contributed by atoms with Gasteiger partial charge in [-0.1, -0.05) is 182 Å². The van der Waals surface area contributed by atoms with Crippen LogP contribution in [0.2, 0.25) is 0 Å². The number of hydrogen-bond donors (Lipinski definition) is 0. The molecule has 0 unspecified atom stereocenters. The fourth-order valence-electron chi connectivity index (χ4n) is 8.21. The van der Waals surface area contributed by atoms with E-state index >= 15 is 0 Å². The van der Waals surface area contributed by atoms with E-state index in [0.717, 1.165) is 17.1 Å². The molecule has 0 N–H and O–H groups in total.